The first-order chi connectivity index (χ1) is 16.2. The molecule has 2 aromatic carbocycles. The van der Waals surface area contributed by atoms with Crippen LogP contribution in [0.25, 0.3) is 0 Å². The SMILES string of the molecule is COC(=O)[C@H](CCc1ccccc1)N[C@@H](C)C(=O)OCc1ccccc1.O=C(O)/C=C\C(=O)O. The third-order valence-corrected chi connectivity index (χ3v) is 4.45. The number of rotatable bonds is 11. The van der Waals surface area contributed by atoms with Crippen LogP contribution >= 0.6 is 0 Å². The van der Waals surface area contributed by atoms with E-state index < -0.39 is 30.0 Å². The van der Waals surface area contributed by atoms with Crippen molar-refractivity contribution in [3.63, 3.8) is 0 Å². The van der Waals surface area contributed by atoms with Crippen LogP contribution < -0.4 is 5.32 Å². The van der Waals surface area contributed by atoms with Crippen LogP contribution in [0.1, 0.15) is 24.5 Å². The first-order valence-corrected chi connectivity index (χ1v) is 10.4. The number of carbonyl (C=O) groups is 4. The fourth-order valence-corrected chi connectivity index (χ4v) is 2.73. The molecule has 2 atom stereocenters. The molecule has 0 bridgehead atoms. The minimum atomic E-state index is -1.26. The minimum absolute atomic E-state index is 0.207. The summed E-state index contributed by atoms with van der Waals surface area (Å²) in [6.07, 6.45) is 2.36. The molecule has 0 fully saturated rings. The molecule has 0 saturated heterocycles. The zero-order valence-corrected chi connectivity index (χ0v) is 19.0. The maximum Gasteiger partial charge on any atom is 0.328 e. The molecule has 9 heteroatoms. The van der Waals surface area contributed by atoms with E-state index in [1.54, 1.807) is 6.92 Å². The first-order valence-electron chi connectivity index (χ1n) is 10.4. The molecule has 0 radical (unpaired) electrons. The summed E-state index contributed by atoms with van der Waals surface area (Å²) in [5, 5.41) is 18.6. The van der Waals surface area contributed by atoms with Gasteiger partial charge in [-0.2, -0.15) is 0 Å². The highest BCUT2D eigenvalue weighted by atomic mass is 16.5. The second-order valence-corrected chi connectivity index (χ2v) is 7.09. The van der Waals surface area contributed by atoms with Gasteiger partial charge in [-0.25, -0.2) is 9.59 Å². The van der Waals surface area contributed by atoms with E-state index in [2.05, 4.69) is 5.32 Å². The highest BCUT2D eigenvalue weighted by Gasteiger charge is 2.25. The van der Waals surface area contributed by atoms with Gasteiger partial charge < -0.3 is 19.7 Å². The molecule has 0 aliphatic carbocycles. The second kappa shape index (κ2) is 15.8. The molecule has 0 unspecified atom stereocenters. The van der Waals surface area contributed by atoms with E-state index in [0.29, 0.717) is 25.0 Å². The fourth-order valence-electron chi connectivity index (χ4n) is 2.73. The quantitative estimate of drug-likeness (QED) is 0.333. The lowest BCUT2D eigenvalue weighted by molar-refractivity contribution is -0.149. The molecule has 34 heavy (non-hydrogen) atoms. The van der Waals surface area contributed by atoms with Crippen molar-refractivity contribution in [1.82, 2.24) is 5.32 Å². The Morgan fingerprint density at radius 1 is 0.853 bits per heavy atom. The van der Waals surface area contributed by atoms with Crippen LogP contribution in [0.5, 0.6) is 0 Å². The van der Waals surface area contributed by atoms with Crippen LogP contribution in [-0.4, -0.2) is 53.3 Å². The summed E-state index contributed by atoms with van der Waals surface area (Å²) < 4.78 is 10.2. The van der Waals surface area contributed by atoms with Gasteiger partial charge in [0.2, 0.25) is 0 Å². The molecule has 0 amide bonds. The van der Waals surface area contributed by atoms with Crippen LogP contribution in [0.4, 0.5) is 0 Å². The number of benzene rings is 2. The Morgan fingerprint density at radius 3 is 1.82 bits per heavy atom. The molecule has 2 rings (SSSR count). The summed E-state index contributed by atoms with van der Waals surface area (Å²) in [5.41, 5.74) is 2.05. The highest BCUT2D eigenvalue weighted by Crippen LogP contribution is 2.08. The highest BCUT2D eigenvalue weighted by molar-refractivity contribution is 5.89. The Hall–Kier alpha value is -3.98. The van der Waals surface area contributed by atoms with Crippen LogP contribution in [0.2, 0.25) is 0 Å². The summed E-state index contributed by atoms with van der Waals surface area (Å²) in [4.78, 5) is 43.3. The van der Waals surface area contributed by atoms with Gasteiger partial charge in [0.25, 0.3) is 0 Å². The number of hydrogen-bond donors (Lipinski definition) is 3. The first kappa shape index (κ1) is 28.1. The Bertz CT molecular complexity index is 928. The summed E-state index contributed by atoms with van der Waals surface area (Å²) in [6.45, 7) is 1.89. The molecule has 182 valence electrons. The number of methoxy groups -OCH3 is 1. The van der Waals surface area contributed by atoms with Gasteiger partial charge in [-0.15, -0.1) is 0 Å². The second-order valence-electron chi connectivity index (χ2n) is 7.09. The van der Waals surface area contributed by atoms with Crippen LogP contribution in [0, 0.1) is 0 Å². The van der Waals surface area contributed by atoms with Crippen LogP contribution in [0.15, 0.2) is 72.8 Å². The van der Waals surface area contributed by atoms with Crippen molar-refractivity contribution in [1.29, 1.82) is 0 Å². The Kier molecular flexibility index (Phi) is 13.0. The van der Waals surface area contributed by atoms with Crippen molar-refractivity contribution in [3.8, 4) is 0 Å². The van der Waals surface area contributed by atoms with Gasteiger partial charge >= 0.3 is 23.9 Å². The van der Waals surface area contributed by atoms with Gasteiger partial charge in [0, 0.05) is 12.2 Å². The van der Waals surface area contributed by atoms with Crippen LogP contribution in [0.3, 0.4) is 0 Å². The van der Waals surface area contributed by atoms with E-state index in [9.17, 15) is 19.2 Å². The number of carbonyl (C=O) groups excluding carboxylic acids is 2. The lowest BCUT2D eigenvalue weighted by atomic mass is 10.0. The summed E-state index contributed by atoms with van der Waals surface area (Å²) >= 11 is 0. The van der Waals surface area contributed by atoms with Gasteiger partial charge in [-0.3, -0.25) is 14.9 Å². The van der Waals surface area contributed by atoms with Crippen molar-refractivity contribution in [2.75, 3.05) is 7.11 Å². The standard InChI is InChI=1S/C21H25NO4.C4H4O4/c1-16(20(23)26-15-18-11-7-4-8-12-18)22-19(21(24)25-2)14-13-17-9-5-3-6-10-17;5-3(6)1-2-4(7)8/h3-12,16,19,22H,13-15H2,1-2H3;1-2H,(H,5,6)(H,7,8)/b;2-1-/t16-,19-;/m0./s1. The lowest BCUT2D eigenvalue weighted by Crippen LogP contribution is -2.46. The predicted molar refractivity (Wildman–Crippen MR) is 124 cm³/mol. The molecule has 0 aliphatic rings. The number of ether oxygens (including phenoxy) is 2. The number of carboxylic acid groups (broad SMARTS) is 2. The Morgan fingerprint density at radius 2 is 1.35 bits per heavy atom. The van der Waals surface area contributed by atoms with Gasteiger partial charge in [-0.1, -0.05) is 60.7 Å². The minimum Gasteiger partial charge on any atom is -0.478 e. The van der Waals surface area contributed by atoms with E-state index in [-0.39, 0.29) is 12.6 Å². The van der Waals surface area contributed by atoms with Gasteiger partial charge in [0.15, 0.2) is 0 Å². The molecule has 0 saturated carbocycles. The van der Waals surface area contributed by atoms with E-state index >= 15 is 0 Å². The monoisotopic (exact) mass is 471 g/mol. The van der Waals surface area contributed by atoms with Gasteiger partial charge in [0.1, 0.15) is 18.7 Å². The van der Waals surface area contributed by atoms with Crippen molar-refractivity contribution < 1.29 is 38.9 Å². The van der Waals surface area contributed by atoms with Crippen molar-refractivity contribution in [2.45, 2.75) is 38.5 Å². The number of carboxylic acids is 2. The van der Waals surface area contributed by atoms with Gasteiger partial charge in [0.05, 0.1) is 7.11 Å². The predicted octanol–water partition coefficient (Wildman–Crippen LogP) is 2.59. The van der Waals surface area contributed by atoms with E-state index in [1.807, 2.05) is 60.7 Å². The average molecular weight is 472 g/mol. The number of esters is 2. The van der Waals surface area contributed by atoms with Crippen molar-refractivity contribution in [3.05, 3.63) is 83.9 Å². The fraction of sp³-hybridized carbons (Fsp3) is 0.280. The zero-order valence-electron chi connectivity index (χ0n) is 19.0. The van der Waals surface area contributed by atoms with E-state index in [1.165, 1.54) is 7.11 Å². The number of aliphatic carboxylic acids is 2. The third-order valence-electron chi connectivity index (χ3n) is 4.45. The number of hydrogen-bond acceptors (Lipinski definition) is 7. The van der Waals surface area contributed by atoms with Crippen molar-refractivity contribution in [2.24, 2.45) is 0 Å². The molecule has 0 aliphatic heterocycles. The van der Waals surface area contributed by atoms with Crippen molar-refractivity contribution >= 4 is 23.9 Å². The molecule has 0 spiro atoms. The Labute approximate surface area is 198 Å². The smallest absolute Gasteiger partial charge is 0.328 e. The maximum atomic E-state index is 12.2. The average Bonchev–Trinajstić information content (AvgIpc) is 2.84. The number of nitrogens with one attached hydrogen (secondary N) is 1. The number of aryl methyl sites for hydroxylation is 1. The summed E-state index contributed by atoms with van der Waals surface area (Å²) in [5.74, 6) is -3.30. The zero-order chi connectivity index (χ0) is 25.3. The molecule has 9 nitrogen and oxygen atoms in total. The summed E-state index contributed by atoms with van der Waals surface area (Å²) in [7, 11) is 1.35. The Balaban J connectivity index is 0.000000620. The molecule has 0 aromatic heterocycles. The lowest BCUT2D eigenvalue weighted by Gasteiger charge is -2.20. The maximum absolute atomic E-state index is 12.2. The van der Waals surface area contributed by atoms with Gasteiger partial charge in [-0.05, 0) is 30.9 Å². The van der Waals surface area contributed by atoms with E-state index in [4.69, 9.17) is 19.7 Å². The molecular weight excluding hydrogens is 442 g/mol. The molecule has 2 aromatic rings. The molecule has 0 heterocycles. The largest absolute Gasteiger partial charge is 0.478 e. The summed E-state index contributed by atoms with van der Waals surface area (Å²) in [6, 6.07) is 18.2. The molecular formula is C25H29NO8. The van der Waals surface area contributed by atoms with E-state index in [0.717, 1.165) is 11.1 Å². The topological polar surface area (TPSA) is 139 Å². The normalized spacial score (nSPS) is 12.1. The third kappa shape index (κ3) is 12.2. The molecule has 3 N–H and O–H groups in total. The van der Waals surface area contributed by atoms with Crippen LogP contribution in [-0.2, 0) is 41.7 Å².